The topological polar surface area (TPSA) is 44.5 Å². The van der Waals surface area contributed by atoms with Gasteiger partial charge in [0, 0.05) is 22.3 Å². The number of ether oxygens (including phenoxy) is 2. The zero-order valence-corrected chi connectivity index (χ0v) is 8.51. The van der Waals surface area contributed by atoms with E-state index in [2.05, 4.69) is 15.9 Å². The van der Waals surface area contributed by atoms with E-state index in [4.69, 9.17) is 15.2 Å². The molecule has 0 saturated carbocycles. The molecular weight excluding hydrogens is 222 g/mol. The highest BCUT2D eigenvalue weighted by Gasteiger charge is 2.06. The van der Waals surface area contributed by atoms with Crippen LogP contribution >= 0.6 is 15.9 Å². The summed E-state index contributed by atoms with van der Waals surface area (Å²) in [6, 6.07) is 3.48. The monoisotopic (exact) mass is 231 g/mol. The van der Waals surface area contributed by atoms with Crippen LogP contribution in [0.15, 0.2) is 16.6 Å². The van der Waals surface area contributed by atoms with Gasteiger partial charge in [0.25, 0.3) is 0 Å². The predicted molar refractivity (Wildman–Crippen MR) is 51.7 cm³/mol. The summed E-state index contributed by atoms with van der Waals surface area (Å²) >= 11 is 3.29. The van der Waals surface area contributed by atoms with Crippen molar-refractivity contribution in [3.05, 3.63) is 16.6 Å². The molecule has 3 nitrogen and oxygen atoms in total. The first-order chi connectivity index (χ1) is 5.69. The van der Waals surface area contributed by atoms with Gasteiger partial charge in [-0.25, -0.2) is 0 Å². The second-order valence-electron chi connectivity index (χ2n) is 2.23. The second-order valence-corrected chi connectivity index (χ2v) is 3.08. The summed E-state index contributed by atoms with van der Waals surface area (Å²) < 4.78 is 10.9. The van der Waals surface area contributed by atoms with Crippen molar-refractivity contribution < 1.29 is 9.47 Å². The zero-order valence-electron chi connectivity index (χ0n) is 6.93. The number of benzene rings is 1. The Hall–Kier alpha value is -0.900. The molecule has 0 unspecified atom stereocenters. The Bertz CT molecular complexity index is 260. The summed E-state index contributed by atoms with van der Waals surface area (Å²) in [6.45, 7) is 0. The summed E-state index contributed by atoms with van der Waals surface area (Å²) in [5.41, 5.74) is 6.27. The van der Waals surface area contributed by atoms with Crippen LogP contribution in [-0.4, -0.2) is 14.2 Å². The van der Waals surface area contributed by atoms with Crippen LogP contribution in [0.2, 0.25) is 0 Å². The Labute approximate surface area is 79.6 Å². The Morgan fingerprint density at radius 1 is 1.17 bits per heavy atom. The molecule has 0 radical (unpaired) electrons. The molecule has 0 aliphatic carbocycles. The molecule has 2 N–H and O–H groups in total. The van der Waals surface area contributed by atoms with E-state index >= 15 is 0 Å². The maximum absolute atomic E-state index is 5.64. The molecule has 0 spiro atoms. The normalized spacial score (nSPS) is 9.58. The van der Waals surface area contributed by atoms with Crippen molar-refractivity contribution in [3.8, 4) is 11.5 Å². The Morgan fingerprint density at radius 2 is 1.67 bits per heavy atom. The number of hydrogen-bond donors (Lipinski definition) is 1. The molecule has 0 aromatic heterocycles. The van der Waals surface area contributed by atoms with Gasteiger partial charge in [-0.2, -0.15) is 0 Å². The van der Waals surface area contributed by atoms with E-state index in [1.54, 1.807) is 26.4 Å². The number of anilines is 1. The number of nitrogen functional groups attached to an aromatic ring is 1. The molecule has 66 valence electrons. The Kier molecular flexibility index (Phi) is 2.81. The minimum atomic E-state index is 0.632. The maximum Gasteiger partial charge on any atom is 0.162 e. The van der Waals surface area contributed by atoms with Crippen molar-refractivity contribution in [2.45, 2.75) is 0 Å². The first kappa shape index (κ1) is 9.19. The fourth-order valence-corrected chi connectivity index (χ4v) is 1.19. The van der Waals surface area contributed by atoms with E-state index in [0.717, 1.165) is 4.47 Å². The molecule has 0 bridgehead atoms. The predicted octanol–water partition coefficient (Wildman–Crippen LogP) is 2.05. The SMILES string of the molecule is COc1cc(N)c(Br)cc1OC. The van der Waals surface area contributed by atoms with Crippen molar-refractivity contribution in [1.82, 2.24) is 0 Å². The second kappa shape index (κ2) is 3.67. The van der Waals surface area contributed by atoms with Crippen LogP contribution in [0.25, 0.3) is 0 Å². The average Bonchev–Trinajstić information content (AvgIpc) is 2.09. The third kappa shape index (κ3) is 1.64. The van der Waals surface area contributed by atoms with Gasteiger partial charge in [-0.05, 0) is 15.9 Å². The lowest BCUT2D eigenvalue weighted by Crippen LogP contribution is -1.93. The third-order valence-electron chi connectivity index (χ3n) is 1.50. The van der Waals surface area contributed by atoms with Crippen LogP contribution in [0.4, 0.5) is 5.69 Å². The van der Waals surface area contributed by atoms with Crippen LogP contribution in [0.1, 0.15) is 0 Å². The van der Waals surface area contributed by atoms with Crippen LogP contribution < -0.4 is 15.2 Å². The number of hydrogen-bond acceptors (Lipinski definition) is 3. The average molecular weight is 232 g/mol. The van der Waals surface area contributed by atoms with Gasteiger partial charge in [0.15, 0.2) is 11.5 Å². The lowest BCUT2D eigenvalue weighted by Gasteiger charge is -2.08. The molecule has 12 heavy (non-hydrogen) atoms. The molecule has 1 rings (SSSR count). The van der Waals surface area contributed by atoms with Gasteiger partial charge >= 0.3 is 0 Å². The van der Waals surface area contributed by atoms with Crippen LogP contribution in [-0.2, 0) is 0 Å². The quantitative estimate of drug-likeness (QED) is 0.793. The van der Waals surface area contributed by atoms with E-state index < -0.39 is 0 Å². The number of halogens is 1. The molecule has 0 amide bonds. The third-order valence-corrected chi connectivity index (χ3v) is 2.19. The minimum absolute atomic E-state index is 0.632. The zero-order chi connectivity index (χ0) is 9.14. The van der Waals surface area contributed by atoms with E-state index in [1.807, 2.05) is 0 Å². The van der Waals surface area contributed by atoms with Crippen molar-refractivity contribution >= 4 is 21.6 Å². The Balaban J connectivity index is 3.19. The first-order valence-corrected chi connectivity index (χ1v) is 4.15. The highest BCUT2D eigenvalue weighted by molar-refractivity contribution is 9.10. The van der Waals surface area contributed by atoms with Gasteiger partial charge in [-0.15, -0.1) is 0 Å². The molecule has 0 atom stereocenters. The smallest absolute Gasteiger partial charge is 0.162 e. The fraction of sp³-hybridized carbons (Fsp3) is 0.250. The summed E-state index contributed by atoms with van der Waals surface area (Å²) in [5.74, 6) is 1.30. The summed E-state index contributed by atoms with van der Waals surface area (Å²) in [6.07, 6.45) is 0. The van der Waals surface area contributed by atoms with E-state index in [-0.39, 0.29) is 0 Å². The van der Waals surface area contributed by atoms with Gasteiger partial charge < -0.3 is 15.2 Å². The Morgan fingerprint density at radius 3 is 2.17 bits per heavy atom. The minimum Gasteiger partial charge on any atom is -0.493 e. The van der Waals surface area contributed by atoms with E-state index in [0.29, 0.717) is 17.2 Å². The number of methoxy groups -OCH3 is 2. The highest BCUT2D eigenvalue weighted by atomic mass is 79.9. The summed E-state index contributed by atoms with van der Waals surface area (Å²) in [5, 5.41) is 0. The molecule has 0 aliphatic rings. The maximum atomic E-state index is 5.64. The summed E-state index contributed by atoms with van der Waals surface area (Å²) in [4.78, 5) is 0. The summed E-state index contributed by atoms with van der Waals surface area (Å²) in [7, 11) is 3.16. The van der Waals surface area contributed by atoms with Crippen LogP contribution in [0.5, 0.6) is 11.5 Å². The van der Waals surface area contributed by atoms with Gasteiger partial charge in [0.1, 0.15) is 0 Å². The van der Waals surface area contributed by atoms with Crippen LogP contribution in [0.3, 0.4) is 0 Å². The lowest BCUT2D eigenvalue weighted by molar-refractivity contribution is 0.355. The van der Waals surface area contributed by atoms with Gasteiger partial charge in [-0.1, -0.05) is 0 Å². The molecule has 0 aliphatic heterocycles. The van der Waals surface area contributed by atoms with Gasteiger partial charge in [-0.3, -0.25) is 0 Å². The van der Waals surface area contributed by atoms with Crippen molar-refractivity contribution in [2.75, 3.05) is 20.0 Å². The highest BCUT2D eigenvalue weighted by Crippen LogP contribution is 2.34. The molecule has 1 aromatic rings. The van der Waals surface area contributed by atoms with Crippen molar-refractivity contribution in [2.24, 2.45) is 0 Å². The van der Waals surface area contributed by atoms with Crippen molar-refractivity contribution in [1.29, 1.82) is 0 Å². The molecule has 1 aromatic carbocycles. The first-order valence-electron chi connectivity index (χ1n) is 3.36. The number of rotatable bonds is 2. The fourth-order valence-electron chi connectivity index (χ4n) is 0.870. The largest absolute Gasteiger partial charge is 0.493 e. The molecule has 0 fully saturated rings. The van der Waals surface area contributed by atoms with Gasteiger partial charge in [0.2, 0.25) is 0 Å². The molecule has 0 heterocycles. The van der Waals surface area contributed by atoms with E-state index in [9.17, 15) is 0 Å². The van der Waals surface area contributed by atoms with Crippen molar-refractivity contribution in [3.63, 3.8) is 0 Å². The molecular formula is C8H10BrNO2. The van der Waals surface area contributed by atoms with Gasteiger partial charge in [0.05, 0.1) is 14.2 Å². The van der Waals surface area contributed by atoms with E-state index in [1.165, 1.54) is 0 Å². The standard InChI is InChI=1S/C8H10BrNO2/c1-11-7-3-5(9)6(10)4-8(7)12-2/h3-4H,10H2,1-2H3. The molecule has 0 saturated heterocycles. The van der Waals surface area contributed by atoms with Crippen LogP contribution in [0, 0.1) is 0 Å². The number of nitrogens with two attached hydrogens (primary N) is 1. The lowest BCUT2D eigenvalue weighted by atomic mass is 10.3. The molecule has 4 heteroatoms.